The molecule has 0 spiro atoms. The molecule has 1 amide bonds. The topological polar surface area (TPSA) is 112 Å². The van der Waals surface area contributed by atoms with Crippen LogP contribution in [0.25, 0.3) is 10.8 Å². The standard InChI is InChI=1S/C24H23N3O4/c1-14-18(15(2)26-24(30)20(14)13-25)11-12-22(28)31-16(3)23(29)27-21-10-6-8-17-7-4-5-9-19(17)21/h4-10,16H,11-12H2,1-3H3,(H,26,30)(H,27,29)/t16-/m1/s1. The van der Waals surface area contributed by atoms with Crippen LogP contribution >= 0.6 is 0 Å². The average Bonchev–Trinajstić information content (AvgIpc) is 2.73. The molecule has 0 aliphatic rings. The van der Waals surface area contributed by atoms with Crippen LogP contribution in [0.4, 0.5) is 5.69 Å². The number of hydrogen-bond acceptors (Lipinski definition) is 5. The molecule has 2 aromatic carbocycles. The lowest BCUT2D eigenvalue weighted by Crippen LogP contribution is -2.30. The van der Waals surface area contributed by atoms with Gasteiger partial charge in [0.1, 0.15) is 11.6 Å². The number of H-pyrrole nitrogens is 1. The lowest BCUT2D eigenvalue weighted by Gasteiger charge is -2.15. The van der Waals surface area contributed by atoms with E-state index in [1.807, 2.05) is 42.5 Å². The normalized spacial score (nSPS) is 11.5. The Morgan fingerprint density at radius 3 is 2.61 bits per heavy atom. The lowest BCUT2D eigenvalue weighted by atomic mass is 9.99. The predicted molar refractivity (Wildman–Crippen MR) is 118 cm³/mol. The second-order valence-corrected chi connectivity index (χ2v) is 7.32. The summed E-state index contributed by atoms with van der Waals surface area (Å²) in [6.07, 6.45) is -0.664. The molecule has 0 aliphatic carbocycles. The number of ether oxygens (including phenoxy) is 1. The number of aromatic nitrogens is 1. The lowest BCUT2D eigenvalue weighted by molar-refractivity contribution is -0.153. The summed E-state index contributed by atoms with van der Waals surface area (Å²) < 4.78 is 5.29. The summed E-state index contributed by atoms with van der Waals surface area (Å²) in [5.41, 5.74) is 2.13. The van der Waals surface area contributed by atoms with Crippen LogP contribution in [0, 0.1) is 25.2 Å². The van der Waals surface area contributed by atoms with Gasteiger partial charge in [0.05, 0.1) is 0 Å². The molecule has 3 rings (SSSR count). The van der Waals surface area contributed by atoms with Crippen molar-refractivity contribution in [3.8, 4) is 6.07 Å². The van der Waals surface area contributed by atoms with Gasteiger partial charge >= 0.3 is 5.97 Å². The molecular formula is C24H23N3O4. The zero-order valence-electron chi connectivity index (χ0n) is 17.6. The maximum absolute atomic E-state index is 12.5. The molecule has 31 heavy (non-hydrogen) atoms. The van der Waals surface area contributed by atoms with Gasteiger partial charge in [-0.1, -0.05) is 36.4 Å². The Kier molecular flexibility index (Phi) is 6.51. The molecule has 0 saturated heterocycles. The minimum atomic E-state index is -0.973. The molecule has 7 heteroatoms. The Hall–Kier alpha value is -3.92. The second kappa shape index (κ2) is 9.26. The fourth-order valence-electron chi connectivity index (χ4n) is 3.53. The van der Waals surface area contributed by atoms with Crippen molar-refractivity contribution >= 4 is 28.3 Å². The summed E-state index contributed by atoms with van der Waals surface area (Å²) in [7, 11) is 0. The van der Waals surface area contributed by atoms with Gasteiger partial charge < -0.3 is 15.0 Å². The number of nitrogens with zero attached hydrogens (tertiary/aromatic N) is 1. The molecule has 0 unspecified atom stereocenters. The first kappa shape index (κ1) is 21.8. The van der Waals surface area contributed by atoms with Crippen molar-refractivity contribution in [3.63, 3.8) is 0 Å². The minimum absolute atomic E-state index is 0.0183. The van der Waals surface area contributed by atoms with E-state index in [4.69, 9.17) is 10.00 Å². The summed E-state index contributed by atoms with van der Waals surface area (Å²) in [5.74, 6) is -0.961. The Morgan fingerprint density at radius 1 is 1.16 bits per heavy atom. The van der Waals surface area contributed by atoms with Crippen LogP contribution in [-0.2, 0) is 20.7 Å². The summed E-state index contributed by atoms with van der Waals surface area (Å²) in [5, 5.41) is 13.9. The van der Waals surface area contributed by atoms with E-state index in [-0.39, 0.29) is 12.0 Å². The number of nitriles is 1. The number of hydrogen-bond donors (Lipinski definition) is 2. The highest BCUT2D eigenvalue weighted by atomic mass is 16.5. The van der Waals surface area contributed by atoms with Crippen molar-refractivity contribution in [2.24, 2.45) is 0 Å². The number of esters is 1. The highest BCUT2D eigenvalue weighted by molar-refractivity contribution is 6.03. The van der Waals surface area contributed by atoms with E-state index < -0.39 is 23.5 Å². The fourth-order valence-corrected chi connectivity index (χ4v) is 3.53. The smallest absolute Gasteiger partial charge is 0.306 e. The maximum atomic E-state index is 12.5. The van der Waals surface area contributed by atoms with Gasteiger partial charge in [-0.2, -0.15) is 5.26 Å². The number of fused-ring (bicyclic) bond motifs is 1. The van der Waals surface area contributed by atoms with E-state index >= 15 is 0 Å². The second-order valence-electron chi connectivity index (χ2n) is 7.32. The average molecular weight is 417 g/mol. The van der Waals surface area contributed by atoms with Gasteiger partial charge in [-0.05, 0) is 49.8 Å². The molecular weight excluding hydrogens is 394 g/mol. The molecule has 158 valence electrons. The van der Waals surface area contributed by atoms with E-state index in [9.17, 15) is 14.4 Å². The van der Waals surface area contributed by atoms with Gasteiger partial charge in [0, 0.05) is 23.2 Å². The Labute approximate surface area is 179 Å². The van der Waals surface area contributed by atoms with Gasteiger partial charge in [-0.15, -0.1) is 0 Å². The summed E-state index contributed by atoms with van der Waals surface area (Å²) >= 11 is 0. The van der Waals surface area contributed by atoms with E-state index in [1.54, 1.807) is 19.9 Å². The number of nitrogens with one attached hydrogen (secondary N) is 2. The quantitative estimate of drug-likeness (QED) is 0.596. The summed E-state index contributed by atoms with van der Waals surface area (Å²) in [4.78, 5) is 39.3. The minimum Gasteiger partial charge on any atom is -0.453 e. The number of pyridine rings is 1. The number of rotatable bonds is 6. The SMILES string of the molecule is Cc1[nH]c(=O)c(C#N)c(C)c1CCC(=O)O[C@H](C)C(=O)Nc1cccc2ccccc12. The van der Waals surface area contributed by atoms with E-state index in [1.165, 1.54) is 6.92 Å². The molecule has 0 bridgehead atoms. The molecule has 0 aliphatic heterocycles. The van der Waals surface area contributed by atoms with Crippen molar-refractivity contribution in [1.29, 1.82) is 5.26 Å². The van der Waals surface area contributed by atoms with Crippen LogP contribution in [0.2, 0.25) is 0 Å². The van der Waals surface area contributed by atoms with Crippen LogP contribution in [0.15, 0.2) is 47.3 Å². The highest BCUT2D eigenvalue weighted by Gasteiger charge is 2.20. The first-order valence-corrected chi connectivity index (χ1v) is 9.92. The molecule has 0 radical (unpaired) electrons. The van der Waals surface area contributed by atoms with Crippen LogP contribution < -0.4 is 10.9 Å². The third-order valence-corrected chi connectivity index (χ3v) is 5.22. The maximum Gasteiger partial charge on any atom is 0.306 e. The van der Waals surface area contributed by atoms with Crippen LogP contribution in [0.5, 0.6) is 0 Å². The Bertz CT molecular complexity index is 1250. The Morgan fingerprint density at radius 2 is 1.87 bits per heavy atom. The number of anilines is 1. The predicted octanol–water partition coefficient (Wildman–Crippen LogP) is 3.52. The zero-order chi connectivity index (χ0) is 22.5. The van der Waals surface area contributed by atoms with E-state index in [2.05, 4.69) is 10.3 Å². The summed E-state index contributed by atoms with van der Waals surface area (Å²) in [6, 6.07) is 15.2. The third-order valence-electron chi connectivity index (χ3n) is 5.22. The van der Waals surface area contributed by atoms with Crippen molar-refractivity contribution in [2.75, 3.05) is 5.32 Å². The van der Waals surface area contributed by atoms with Gasteiger partial charge in [-0.25, -0.2) is 0 Å². The monoisotopic (exact) mass is 417 g/mol. The number of aryl methyl sites for hydroxylation is 1. The molecule has 7 nitrogen and oxygen atoms in total. The van der Waals surface area contributed by atoms with Crippen LogP contribution in [0.3, 0.4) is 0 Å². The molecule has 1 heterocycles. The van der Waals surface area contributed by atoms with Gasteiger partial charge in [0.25, 0.3) is 11.5 Å². The molecule has 3 aromatic rings. The molecule has 2 N–H and O–H groups in total. The largest absolute Gasteiger partial charge is 0.453 e. The zero-order valence-corrected chi connectivity index (χ0v) is 17.6. The van der Waals surface area contributed by atoms with Crippen molar-refractivity contribution in [3.05, 3.63) is 75.2 Å². The van der Waals surface area contributed by atoms with Gasteiger partial charge in [0.2, 0.25) is 0 Å². The molecule has 1 aromatic heterocycles. The summed E-state index contributed by atoms with van der Waals surface area (Å²) in [6.45, 7) is 4.92. The van der Waals surface area contributed by atoms with E-state index in [0.717, 1.165) is 16.3 Å². The number of carbonyl (C=O) groups excluding carboxylic acids is 2. The van der Waals surface area contributed by atoms with Crippen molar-refractivity contribution in [1.82, 2.24) is 4.98 Å². The van der Waals surface area contributed by atoms with Gasteiger partial charge in [-0.3, -0.25) is 14.4 Å². The molecule has 0 saturated carbocycles. The number of benzene rings is 2. The first-order valence-electron chi connectivity index (χ1n) is 9.92. The molecule has 0 fully saturated rings. The third kappa shape index (κ3) is 4.81. The highest BCUT2D eigenvalue weighted by Crippen LogP contribution is 2.23. The van der Waals surface area contributed by atoms with Crippen molar-refractivity contribution < 1.29 is 14.3 Å². The van der Waals surface area contributed by atoms with Crippen LogP contribution in [0.1, 0.15) is 35.7 Å². The number of aromatic amines is 1. The van der Waals surface area contributed by atoms with Crippen molar-refractivity contribution in [2.45, 2.75) is 39.7 Å². The van der Waals surface area contributed by atoms with E-state index in [0.29, 0.717) is 23.4 Å². The van der Waals surface area contributed by atoms with Crippen LogP contribution in [-0.4, -0.2) is 23.0 Å². The molecule has 1 atom stereocenters. The number of amides is 1. The van der Waals surface area contributed by atoms with Gasteiger partial charge in [0.15, 0.2) is 6.10 Å². The fraction of sp³-hybridized carbons (Fsp3) is 0.250. The Balaban J connectivity index is 1.63. The first-order chi connectivity index (χ1) is 14.8. The number of carbonyl (C=O) groups is 2.